The van der Waals surface area contributed by atoms with Crippen LogP contribution in [0.4, 0.5) is 5.69 Å². The molecule has 2 aromatic carbocycles. The Labute approximate surface area is 198 Å². The first-order valence-corrected chi connectivity index (χ1v) is 10.9. The van der Waals surface area contributed by atoms with Crippen molar-refractivity contribution in [3.05, 3.63) is 66.2 Å². The van der Waals surface area contributed by atoms with E-state index in [9.17, 15) is 9.59 Å². The van der Waals surface area contributed by atoms with E-state index < -0.39 is 17.5 Å². The Hall–Kier alpha value is -3.72. The summed E-state index contributed by atoms with van der Waals surface area (Å²) in [5.41, 5.74) is 1.03. The second-order valence-corrected chi connectivity index (χ2v) is 7.81. The molecule has 1 amide bonds. The summed E-state index contributed by atoms with van der Waals surface area (Å²) in [6, 6.07) is 19.8. The van der Waals surface area contributed by atoms with Gasteiger partial charge in [-0.15, -0.1) is 0 Å². The zero-order valence-electron chi connectivity index (χ0n) is 19.3. The van der Waals surface area contributed by atoms with Gasteiger partial charge in [0.2, 0.25) is 5.91 Å². The van der Waals surface area contributed by atoms with Crippen molar-refractivity contribution >= 4 is 29.5 Å². The molecule has 1 saturated heterocycles. The first kappa shape index (κ1) is 26.5. The summed E-state index contributed by atoms with van der Waals surface area (Å²) in [5.74, 6) is -4.05. The van der Waals surface area contributed by atoms with E-state index in [0.717, 1.165) is 25.3 Å². The van der Waals surface area contributed by atoms with E-state index in [0.29, 0.717) is 19.3 Å². The van der Waals surface area contributed by atoms with Crippen LogP contribution in [0.5, 0.6) is 0 Å². The number of benzene rings is 2. The lowest BCUT2D eigenvalue weighted by molar-refractivity contribution is -0.159. The predicted molar refractivity (Wildman–Crippen MR) is 125 cm³/mol. The highest BCUT2D eigenvalue weighted by Gasteiger charge is 2.49. The van der Waals surface area contributed by atoms with Gasteiger partial charge in [0.25, 0.3) is 0 Å². The van der Waals surface area contributed by atoms with Crippen LogP contribution in [0.3, 0.4) is 0 Å². The number of hydrogen-bond donors (Lipinski definition) is 2. The van der Waals surface area contributed by atoms with Gasteiger partial charge in [-0.3, -0.25) is 14.6 Å². The normalized spacial score (nSPS) is 14.8. The average Bonchev–Trinajstić information content (AvgIpc) is 2.86. The standard InChI is InChI=1S/C23H28N2O3.C2H2O4/c1-3-21(26)25(20-12-8-5-9-13-20)23(22(27)28-2)14-16-24(17-15-23)18-19-10-6-4-7-11-19;3-1(4)2(5)6/h4-13H,3,14-18H2,1-2H3;(H,3,4)(H,5,6). The molecule has 0 radical (unpaired) electrons. The fourth-order valence-corrected chi connectivity index (χ4v) is 4.00. The summed E-state index contributed by atoms with van der Waals surface area (Å²) in [4.78, 5) is 48.1. The van der Waals surface area contributed by atoms with E-state index in [1.165, 1.54) is 12.7 Å². The number of ether oxygens (including phenoxy) is 1. The number of carboxylic acids is 2. The first-order valence-electron chi connectivity index (χ1n) is 10.9. The molecule has 182 valence electrons. The number of methoxy groups -OCH3 is 1. The smallest absolute Gasteiger partial charge is 0.414 e. The maximum atomic E-state index is 13.0. The lowest BCUT2D eigenvalue weighted by atomic mass is 9.84. The van der Waals surface area contributed by atoms with Crippen molar-refractivity contribution in [3.63, 3.8) is 0 Å². The van der Waals surface area contributed by atoms with Gasteiger partial charge in [0, 0.05) is 31.7 Å². The second-order valence-electron chi connectivity index (χ2n) is 7.81. The summed E-state index contributed by atoms with van der Waals surface area (Å²) >= 11 is 0. The third-order valence-corrected chi connectivity index (χ3v) is 5.67. The molecule has 1 fully saturated rings. The molecule has 0 unspecified atom stereocenters. The molecule has 2 N–H and O–H groups in total. The summed E-state index contributed by atoms with van der Waals surface area (Å²) < 4.78 is 5.19. The topological polar surface area (TPSA) is 124 Å². The lowest BCUT2D eigenvalue weighted by Crippen LogP contribution is -2.62. The van der Waals surface area contributed by atoms with Crippen LogP contribution in [0.15, 0.2) is 60.7 Å². The molecule has 0 aliphatic carbocycles. The van der Waals surface area contributed by atoms with Crippen LogP contribution in [0.25, 0.3) is 0 Å². The highest BCUT2D eigenvalue weighted by molar-refractivity contribution is 6.27. The Morgan fingerprint density at radius 3 is 1.85 bits per heavy atom. The quantitative estimate of drug-likeness (QED) is 0.488. The maximum Gasteiger partial charge on any atom is 0.414 e. The van der Waals surface area contributed by atoms with Crippen LogP contribution in [0, 0.1) is 0 Å². The molecule has 3 rings (SSSR count). The molecule has 0 atom stereocenters. The minimum Gasteiger partial charge on any atom is -0.473 e. The number of nitrogens with zero attached hydrogens (tertiary/aromatic N) is 2. The summed E-state index contributed by atoms with van der Waals surface area (Å²) in [7, 11) is 1.40. The van der Waals surface area contributed by atoms with Crippen molar-refractivity contribution in [2.24, 2.45) is 0 Å². The van der Waals surface area contributed by atoms with Crippen molar-refractivity contribution in [3.8, 4) is 0 Å². The number of likely N-dealkylation sites (tertiary alicyclic amines) is 1. The third-order valence-electron chi connectivity index (χ3n) is 5.67. The predicted octanol–water partition coefficient (Wildman–Crippen LogP) is 2.79. The van der Waals surface area contributed by atoms with E-state index in [1.807, 2.05) is 55.5 Å². The van der Waals surface area contributed by atoms with Crippen molar-refractivity contribution in [1.29, 1.82) is 0 Å². The molecule has 2 aromatic rings. The Morgan fingerprint density at radius 2 is 1.41 bits per heavy atom. The molecule has 1 aliphatic rings. The zero-order chi connectivity index (χ0) is 25.1. The molecule has 9 heteroatoms. The number of hydrogen-bond acceptors (Lipinski definition) is 6. The van der Waals surface area contributed by atoms with Crippen LogP contribution >= 0.6 is 0 Å². The van der Waals surface area contributed by atoms with E-state index >= 15 is 0 Å². The molecule has 0 saturated carbocycles. The van der Waals surface area contributed by atoms with Crippen LogP contribution in [0.1, 0.15) is 31.7 Å². The Kier molecular flexibility index (Phi) is 9.76. The van der Waals surface area contributed by atoms with E-state index in [1.54, 1.807) is 4.90 Å². The van der Waals surface area contributed by atoms with Gasteiger partial charge >= 0.3 is 17.9 Å². The van der Waals surface area contributed by atoms with Crippen LogP contribution in [-0.4, -0.2) is 64.7 Å². The number of esters is 1. The van der Waals surface area contributed by atoms with Gasteiger partial charge in [0.1, 0.15) is 5.54 Å². The van der Waals surface area contributed by atoms with Crippen LogP contribution in [-0.2, 0) is 30.5 Å². The first-order chi connectivity index (χ1) is 16.2. The number of anilines is 1. The Balaban J connectivity index is 0.000000604. The van der Waals surface area contributed by atoms with Gasteiger partial charge < -0.3 is 14.9 Å². The maximum absolute atomic E-state index is 13.0. The van der Waals surface area contributed by atoms with Crippen molar-refractivity contribution in [2.45, 2.75) is 38.3 Å². The van der Waals surface area contributed by atoms with Gasteiger partial charge in [-0.2, -0.15) is 0 Å². The number of amides is 1. The molecule has 34 heavy (non-hydrogen) atoms. The van der Waals surface area contributed by atoms with Crippen molar-refractivity contribution < 1.29 is 34.1 Å². The molecular weight excluding hydrogens is 440 g/mol. The zero-order valence-corrected chi connectivity index (χ0v) is 19.3. The van der Waals surface area contributed by atoms with Gasteiger partial charge in [0.15, 0.2) is 0 Å². The number of rotatable bonds is 6. The lowest BCUT2D eigenvalue weighted by Gasteiger charge is -2.46. The highest BCUT2D eigenvalue weighted by atomic mass is 16.5. The van der Waals surface area contributed by atoms with E-state index in [-0.39, 0.29) is 11.9 Å². The molecular formula is C25H30N2O7. The molecule has 1 heterocycles. The monoisotopic (exact) mass is 470 g/mol. The molecule has 9 nitrogen and oxygen atoms in total. The van der Waals surface area contributed by atoms with Crippen LogP contribution < -0.4 is 4.90 Å². The minimum atomic E-state index is -1.82. The fraction of sp³-hybridized carbons (Fsp3) is 0.360. The summed E-state index contributed by atoms with van der Waals surface area (Å²) in [6.07, 6.45) is 1.43. The van der Waals surface area contributed by atoms with Crippen LogP contribution in [0.2, 0.25) is 0 Å². The Morgan fingerprint density at radius 1 is 0.912 bits per heavy atom. The number of carboxylic acid groups (broad SMARTS) is 2. The fourth-order valence-electron chi connectivity index (χ4n) is 4.00. The van der Waals surface area contributed by atoms with E-state index in [2.05, 4.69) is 17.0 Å². The van der Waals surface area contributed by atoms with E-state index in [4.69, 9.17) is 24.5 Å². The number of para-hydroxylation sites is 1. The van der Waals surface area contributed by atoms with Gasteiger partial charge in [-0.25, -0.2) is 14.4 Å². The van der Waals surface area contributed by atoms with Gasteiger partial charge in [-0.05, 0) is 30.5 Å². The average molecular weight is 471 g/mol. The molecule has 0 bridgehead atoms. The molecule has 0 aromatic heterocycles. The summed E-state index contributed by atoms with van der Waals surface area (Å²) in [5, 5.41) is 14.8. The van der Waals surface area contributed by atoms with Crippen molar-refractivity contribution in [1.82, 2.24) is 4.90 Å². The number of aliphatic carboxylic acids is 2. The van der Waals surface area contributed by atoms with Gasteiger partial charge in [0.05, 0.1) is 7.11 Å². The number of piperidine rings is 1. The minimum absolute atomic E-state index is 0.0619. The largest absolute Gasteiger partial charge is 0.473 e. The molecule has 0 spiro atoms. The Bertz CT molecular complexity index is 959. The van der Waals surface area contributed by atoms with Crippen molar-refractivity contribution in [2.75, 3.05) is 25.1 Å². The summed E-state index contributed by atoms with van der Waals surface area (Å²) in [6.45, 7) is 4.12. The number of carbonyl (C=O) groups is 4. The highest BCUT2D eigenvalue weighted by Crippen LogP contribution is 2.35. The van der Waals surface area contributed by atoms with Gasteiger partial charge in [-0.1, -0.05) is 55.5 Å². The number of carbonyl (C=O) groups excluding carboxylic acids is 2. The third kappa shape index (κ3) is 6.64. The second kappa shape index (κ2) is 12.5. The molecule has 1 aliphatic heterocycles. The SMILES string of the molecule is CCC(=O)N(c1ccccc1)C1(C(=O)OC)CCN(Cc2ccccc2)CC1.O=C(O)C(=O)O.